The van der Waals surface area contributed by atoms with E-state index in [1.54, 1.807) is 0 Å². The lowest BCUT2D eigenvalue weighted by Crippen LogP contribution is -2.21. The molecule has 1 aromatic heterocycles. The maximum absolute atomic E-state index is 9.21. The molecule has 0 aromatic carbocycles. The highest BCUT2D eigenvalue weighted by molar-refractivity contribution is 5.08. The zero-order valence-electron chi connectivity index (χ0n) is 5.81. The normalized spacial score (nSPS) is 16.3. The molecule has 0 radical (unpaired) electrons. The van der Waals surface area contributed by atoms with E-state index in [0.29, 0.717) is 5.56 Å². The highest BCUT2D eigenvalue weighted by Gasteiger charge is 2.17. The second kappa shape index (κ2) is 3.47. The van der Waals surface area contributed by atoms with Gasteiger partial charge in [-0.2, -0.15) is 5.10 Å². The van der Waals surface area contributed by atoms with Crippen LogP contribution in [0.4, 0.5) is 0 Å². The van der Waals surface area contributed by atoms with Crippen molar-refractivity contribution >= 4 is 0 Å². The minimum Gasteiger partial charge on any atom is -0.394 e. The first-order valence-corrected chi connectivity index (χ1v) is 3.21. The fraction of sp³-hybridized carbons (Fsp3) is 0.500. The number of nitrogens with one attached hydrogen (secondary N) is 1. The molecular weight excluding hydrogens is 148 g/mol. The number of rotatable bonds is 3. The van der Waals surface area contributed by atoms with E-state index in [0.717, 1.165) is 0 Å². The van der Waals surface area contributed by atoms with Gasteiger partial charge in [0, 0.05) is 11.8 Å². The Hall–Kier alpha value is -0.910. The highest BCUT2D eigenvalue weighted by atomic mass is 16.4. The smallest absolute Gasteiger partial charge is 0.110 e. The molecule has 0 bridgehead atoms. The Balaban J connectivity index is 2.62. The fourth-order valence-corrected chi connectivity index (χ4v) is 0.745. The predicted molar refractivity (Wildman–Crippen MR) is 36.6 cm³/mol. The number of aromatic nitrogens is 2. The number of aliphatic hydroxyl groups is 3. The number of H-pyrrole nitrogens is 1. The third-order valence-corrected chi connectivity index (χ3v) is 1.41. The van der Waals surface area contributed by atoms with E-state index >= 15 is 0 Å². The van der Waals surface area contributed by atoms with Gasteiger partial charge in [-0.3, -0.25) is 5.10 Å². The molecule has 0 unspecified atom stereocenters. The topological polar surface area (TPSA) is 89.4 Å². The predicted octanol–water partition coefficient (Wildman–Crippen LogP) is -1.20. The molecule has 1 aromatic rings. The zero-order valence-corrected chi connectivity index (χ0v) is 5.81. The van der Waals surface area contributed by atoms with Crippen LogP contribution < -0.4 is 0 Å². The Labute approximate surface area is 63.3 Å². The van der Waals surface area contributed by atoms with Gasteiger partial charge in [0.25, 0.3) is 0 Å². The van der Waals surface area contributed by atoms with Gasteiger partial charge in [-0.15, -0.1) is 0 Å². The quantitative estimate of drug-likeness (QED) is 0.444. The molecule has 0 fully saturated rings. The monoisotopic (exact) mass is 158 g/mol. The van der Waals surface area contributed by atoms with Crippen LogP contribution in [0.1, 0.15) is 11.7 Å². The van der Waals surface area contributed by atoms with Crippen molar-refractivity contribution in [2.75, 3.05) is 6.61 Å². The van der Waals surface area contributed by atoms with Crippen molar-refractivity contribution in [1.29, 1.82) is 0 Å². The molecular formula is C6H10N2O3. The summed E-state index contributed by atoms with van der Waals surface area (Å²) in [5, 5.41) is 32.7. The molecule has 62 valence electrons. The summed E-state index contributed by atoms with van der Waals surface area (Å²) in [4.78, 5) is 0. The van der Waals surface area contributed by atoms with Gasteiger partial charge in [-0.25, -0.2) is 0 Å². The summed E-state index contributed by atoms with van der Waals surface area (Å²) in [6.07, 6.45) is 0.638. The first-order chi connectivity index (χ1) is 5.25. The summed E-state index contributed by atoms with van der Waals surface area (Å²) in [5.74, 6) is 0. The van der Waals surface area contributed by atoms with Crippen LogP contribution in [-0.2, 0) is 0 Å². The van der Waals surface area contributed by atoms with E-state index in [1.165, 1.54) is 12.4 Å². The highest BCUT2D eigenvalue weighted by Crippen LogP contribution is 2.13. The molecule has 5 nitrogen and oxygen atoms in total. The lowest BCUT2D eigenvalue weighted by atomic mass is 10.1. The van der Waals surface area contributed by atoms with Gasteiger partial charge in [0.15, 0.2) is 0 Å². The number of aromatic amines is 1. The number of nitrogens with zero attached hydrogens (tertiary/aromatic N) is 1. The van der Waals surface area contributed by atoms with Crippen LogP contribution in [0, 0.1) is 0 Å². The summed E-state index contributed by atoms with van der Waals surface area (Å²) in [5.41, 5.74) is 0.464. The average molecular weight is 158 g/mol. The van der Waals surface area contributed by atoms with E-state index in [-0.39, 0.29) is 0 Å². The summed E-state index contributed by atoms with van der Waals surface area (Å²) in [6, 6.07) is 0. The molecule has 5 heteroatoms. The van der Waals surface area contributed by atoms with E-state index in [2.05, 4.69) is 10.2 Å². The summed E-state index contributed by atoms with van der Waals surface area (Å²) < 4.78 is 0. The first-order valence-electron chi connectivity index (χ1n) is 3.21. The fourth-order valence-electron chi connectivity index (χ4n) is 0.745. The van der Waals surface area contributed by atoms with E-state index in [1.807, 2.05) is 0 Å². The van der Waals surface area contributed by atoms with Crippen LogP contribution in [0.3, 0.4) is 0 Å². The Morgan fingerprint density at radius 3 is 2.73 bits per heavy atom. The molecule has 11 heavy (non-hydrogen) atoms. The number of aliphatic hydroxyl groups excluding tert-OH is 3. The summed E-state index contributed by atoms with van der Waals surface area (Å²) in [6.45, 7) is -0.466. The van der Waals surface area contributed by atoms with Crippen molar-refractivity contribution in [3.8, 4) is 0 Å². The van der Waals surface area contributed by atoms with Gasteiger partial charge in [0.1, 0.15) is 12.2 Å². The van der Waals surface area contributed by atoms with Gasteiger partial charge < -0.3 is 15.3 Å². The van der Waals surface area contributed by atoms with Crippen LogP contribution in [0.2, 0.25) is 0 Å². The Bertz CT molecular complexity index is 200. The number of hydrogen-bond acceptors (Lipinski definition) is 4. The second-order valence-corrected chi connectivity index (χ2v) is 2.23. The molecule has 0 saturated carbocycles. The molecule has 2 atom stereocenters. The van der Waals surface area contributed by atoms with Crippen LogP contribution >= 0.6 is 0 Å². The molecule has 4 N–H and O–H groups in total. The van der Waals surface area contributed by atoms with Crippen LogP contribution in [0.15, 0.2) is 12.4 Å². The zero-order chi connectivity index (χ0) is 8.27. The van der Waals surface area contributed by atoms with Crippen molar-refractivity contribution in [3.63, 3.8) is 0 Å². The molecule has 1 heterocycles. The minimum absolute atomic E-state index is 0.464. The van der Waals surface area contributed by atoms with Gasteiger partial charge in [0.2, 0.25) is 0 Å². The molecule has 0 aliphatic carbocycles. The average Bonchev–Trinajstić information content (AvgIpc) is 2.53. The lowest BCUT2D eigenvalue weighted by molar-refractivity contribution is -0.0152. The second-order valence-electron chi connectivity index (χ2n) is 2.23. The Morgan fingerprint density at radius 1 is 1.55 bits per heavy atom. The molecule has 0 spiro atoms. The minimum atomic E-state index is -1.15. The summed E-state index contributed by atoms with van der Waals surface area (Å²) >= 11 is 0. The largest absolute Gasteiger partial charge is 0.394 e. The van der Waals surface area contributed by atoms with Gasteiger partial charge in [-0.05, 0) is 0 Å². The Kier molecular flexibility index (Phi) is 2.58. The third-order valence-electron chi connectivity index (χ3n) is 1.41. The SMILES string of the molecule is OC[C@H](O)[C@H](O)c1cn[nH]c1. The standard InChI is InChI=1S/C6H10N2O3/c9-3-5(10)6(11)4-1-7-8-2-4/h1-2,5-6,9-11H,3H2,(H,7,8)/t5-,6+/m0/s1. The van der Waals surface area contributed by atoms with E-state index in [9.17, 15) is 5.11 Å². The van der Waals surface area contributed by atoms with Crippen molar-refractivity contribution in [3.05, 3.63) is 18.0 Å². The third kappa shape index (κ3) is 1.76. The van der Waals surface area contributed by atoms with Crippen molar-refractivity contribution < 1.29 is 15.3 Å². The van der Waals surface area contributed by atoms with Crippen LogP contribution in [0.5, 0.6) is 0 Å². The van der Waals surface area contributed by atoms with Gasteiger partial charge in [-0.1, -0.05) is 0 Å². The number of hydrogen-bond donors (Lipinski definition) is 4. The maximum Gasteiger partial charge on any atom is 0.110 e. The van der Waals surface area contributed by atoms with E-state index < -0.39 is 18.8 Å². The molecule has 0 saturated heterocycles. The van der Waals surface area contributed by atoms with Crippen molar-refractivity contribution in [1.82, 2.24) is 10.2 Å². The molecule has 0 aliphatic heterocycles. The maximum atomic E-state index is 9.21. The Morgan fingerprint density at radius 2 is 2.27 bits per heavy atom. The van der Waals surface area contributed by atoms with Crippen molar-refractivity contribution in [2.24, 2.45) is 0 Å². The van der Waals surface area contributed by atoms with Crippen LogP contribution in [-0.4, -0.2) is 38.2 Å². The molecule has 0 aliphatic rings. The van der Waals surface area contributed by atoms with Gasteiger partial charge >= 0.3 is 0 Å². The molecule has 0 amide bonds. The van der Waals surface area contributed by atoms with Crippen LogP contribution in [0.25, 0.3) is 0 Å². The summed E-state index contributed by atoms with van der Waals surface area (Å²) in [7, 11) is 0. The lowest BCUT2D eigenvalue weighted by Gasteiger charge is -2.12. The van der Waals surface area contributed by atoms with Crippen molar-refractivity contribution in [2.45, 2.75) is 12.2 Å². The van der Waals surface area contributed by atoms with E-state index in [4.69, 9.17) is 10.2 Å². The molecule has 1 rings (SSSR count). The van der Waals surface area contributed by atoms with Gasteiger partial charge in [0.05, 0.1) is 12.8 Å². The first kappa shape index (κ1) is 8.19.